The summed E-state index contributed by atoms with van der Waals surface area (Å²) in [4.78, 5) is 17.7. The van der Waals surface area contributed by atoms with E-state index in [-0.39, 0.29) is 18.0 Å². The molecule has 0 saturated heterocycles. The monoisotopic (exact) mass is 466 g/mol. The number of ether oxygens (including phenoxy) is 1. The third kappa shape index (κ3) is 6.79. The Morgan fingerprint density at radius 1 is 1.32 bits per heavy atom. The van der Waals surface area contributed by atoms with Gasteiger partial charge < -0.3 is 20.1 Å². The number of aromatic nitrogens is 2. The van der Waals surface area contributed by atoms with E-state index >= 15 is 0 Å². The average Bonchev–Trinajstić information content (AvgIpc) is 3.15. The van der Waals surface area contributed by atoms with E-state index in [9.17, 15) is 4.79 Å². The summed E-state index contributed by atoms with van der Waals surface area (Å²) in [6.45, 7) is 6.96. The van der Waals surface area contributed by atoms with Crippen LogP contribution in [0.2, 0.25) is 5.28 Å². The fourth-order valence-corrected chi connectivity index (χ4v) is 4.77. The molecule has 1 aromatic carbocycles. The first-order valence-corrected chi connectivity index (χ1v) is 12.0. The highest BCUT2D eigenvalue weighted by atomic mass is 35.5. The number of nitrogens with one attached hydrogen (secondary N) is 1. The SMILES string of the molecule is CC(C)CN(c1ccc(C(C)OCC(=O)O)cc1Nc1nc(Cl)ns1)C1CCCCC1. The van der Waals surface area contributed by atoms with Crippen molar-refractivity contribution in [3.05, 3.63) is 29.0 Å². The van der Waals surface area contributed by atoms with E-state index in [4.69, 9.17) is 21.4 Å². The molecule has 1 aliphatic carbocycles. The van der Waals surface area contributed by atoms with Crippen molar-refractivity contribution in [1.82, 2.24) is 9.36 Å². The number of carboxylic acid groups (broad SMARTS) is 1. The van der Waals surface area contributed by atoms with Crippen LogP contribution in [0.3, 0.4) is 0 Å². The molecule has 0 radical (unpaired) electrons. The van der Waals surface area contributed by atoms with Crippen LogP contribution in [0.4, 0.5) is 16.5 Å². The van der Waals surface area contributed by atoms with Gasteiger partial charge in [-0.1, -0.05) is 39.2 Å². The topological polar surface area (TPSA) is 87.6 Å². The van der Waals surface area contributed by atoms with Gasteiger partial charge in [0.2, 0.25) is 10.4 Å². The summed E-state index contributed by atoms with van der Waals surface area (Å²) in [5.41, 5.74) is 2.92. The van der Waals surface area contributed by atoms with Crippen LogP contribution in [-0.2, 0) is 9.53 Å². The largest absolute Gasteiger partial charge is 0.480 e. The summed E-state index contributed by atoms with van der Waals surface area (Å²) in [6.07, 6.45) is 5.85. The predicted molar refractivity (Wildman–Crippen MR) is 126 cm³/mol. The van der Waals surface area contributed by atoms with Crippen molar-refractivity contribution in [2.75, 3.05) is 23.4 Å². The van der Waals surface area contributed by atoms with Crippen LogP contribution in [-0.4, -0.2) is 39.6 Å². The van der Waals surface area contributed by atoms with Crippen LogP contribution >= 0.6 is 23.1 Å². The van der Waals surface area contributed by atoms with Gasteiger partial charge >= 0.3 is 5.97 Å². The van der Waals surface area contributed by atoms with Crippen molar-refractivity contribution < 1.29 is 14.6 Å². The molecular formula is C22H31ClN4O3S. The summed E-state index contributed by atoms with van der Waals surface area (Å²) >= 11 is 7.15. The molecule has 0 amide bonds. The Morgan fingerprint density at radius 2 is 2.06 bits per heavy atom. The van der Waals surface area contributed by atoms with E-state index in [0.29, 0.717) is 17.1 Å². The zero-order valence-corrected chi connectivity index (χ0v) is 19.9. The first kappa shape index (κ1) is 23.8. The second kappa shape index (κ2) is 11.1. The summed E-state index contributed by atoms with van der Waals surface area (Å²) in [5.74, 6) is -0.464. The lowest BCUT2D eigenvalue weighted by Gasteiger charge is -2.38. The highest BCUT2D eigenvalue weighted by molar-refractivity contribution is 7.10. The van der Waals surface area contributed by atoms with E-state index < -0.39 is 5.97 Å². The second-order valence-corrected chi connectivity index (χ2v) is 9.55. The summed E-state index contributed by atoms with van der Waals surface area (Å²) in [5, 5.41) is 13.2. The van der Waals surface area contributed by atoms with Gasteiger partial charge in [0, 0.05) is 24.1 Å². The molecule has 31 heavy (non-hydrogen) atoms. The van der Waals surface area contributed by atoms with Gasteiger partial charge in [-0.05, 0) is 55.0 Å². The van der Waals surface area contributed by atoms with Crippen LogP contribution in [0.1, 0.15) is 64.5 Å². The molecule has 1 aromatic heterocycles. The van der Waals surface area contributed by atoms with E-state index in [2.05, 4.69) is 39.5 Å². The smallest absolute Gasteiger partial charge is 0.329 e. The fraction of sp³-hybridized carbons (Fsp3) is 0.591. The van der Waals surface area contributed by atoms with E-state index in [1.807, 2.05) is 19.1 Å². The number of aliphatic carboxylic acids is 1. The third-order valence-electron chi connectivity index (χ3n) is 5.48. The molecule has 2 aromatic rings. The lowest BCUT2D eigenvalue weighted by atomic mass is 9.92. The van der Waals surface area contributed by atoms with Crippen molar-refractivity contribution in [3.8, 4) is 0 Å². The molecule has 0 bridgehead atoms. The number of carbonyl (C=O) groups is 1. The molecular weight excluding hydrogens is 436 g/mol. The molecule has 1 aliphatic rings. The molecule has 1 unspecified atom stereocenters. The second-order valence-electron chi connectivity index (χ2n) is 8.46. The molecule has 7 nitrogen and oxygen atoms in total. The van der Waals surface area contributed by atoms with Crippen LogP contribution in [0.25, 0.3) is 0 Å². The van der Waals surface area contributed by atoms with Gasteiger partial charge in [-0.15, -0.1) is 0 Å². The molecule has 2 N–H and O–H groups in total. The Labute approximate surface area is 192 Å². The number of nitrogens with zero attached hydrogens (tertiary/aromatic N) is 3. The van der Waals surface area contributed by atoms with Gasteiger partial charge in [-0.3, -0.25) is 0 Å². The van der Waals surface area contributed by atoms with Crippen LogP contribution in [0.5, 0.6) is 0 Å². The highest BCUT2D eigenvalue weighted by Gasteiger charge is 2.25. The van der Waals surface area contributed by atoms with Gasteiger partial charge in [-0.2, -0.15) is 9.36 Å². The molecule has 0 aliphatic heterocycles. The van der Waals surface area contributed by atoms with Crippen molar-refractivity contribution in [3.63, 3.8) is 0 Å². The minimum atomic E-state index is -0.981. The fourth-order valence-electron chi connectivity index (χ4n) is 4.05. The quantitative estimate of drug-likeness (QED) is 0.451. The normalized spacial score (nSPS) is 15.8. The maximum Gasteiger partial charge on any atom is 0.329 e. The number of carboxylic acids is 1. The number of hydrogen-bond donors (Lipinski definition) is 2. The zero-order chi connectivity index (χ0) is 22.4. The van der Waals surface area contributed by atoms with E-state index in [1.165, 1.54) is 43.6 Å². The Morgan fingerprint density at radius 3 is 2.68 bits per heavy atom. The minimum absolute atomic E-state index is 0.217. The zero-order valence-electron chi connectivity index (χ0n) is 18.3. The molecule has 1 atom stereocenters. The number of hydrogen-bond acceptors (Lipinski definition) is 7. The van der Waals surface area contributed by atoms with Gasteiger partial charge in [0.25, 0.3) is 0 Å². The van der Waals surface area contributed by atoms with E-state index in [0.717, 1.165) is 23.5 Å². The molecule has 0 spiro atoms. The highest BCUT2D eigenvalue weighted by Crippen LogP contribution is 2.37. The summed E-state index contributed by atoms with van der Waals surface area (Å²) in [7, 11) is 0. The molecule has 9 heteroatoms. The Balaban J connectivity index is 1.95. The van der Waals surface area contributed by atoms with Crippen LogP contribution in [0.15, 0.2) is 18.2 Å². The number of benzene rings is 1. The van der Waals surface area contributed by atoms with Crippen molar-refractivity contribution in [1.29, 1.82) is 0 Å². The number of anilines is 3. The first-order chi connectivity index (χ1) is 14.8. The van der Waals surface area contributed by atoms with E-state index in [1.54, 1.807) is 0 Å². The standard InChI is InChI=1S/C22H31ClN4O3S/c1-14(2)12-27(17-7-5-4-6-8-17)19-10-9-16(15(3)30-13-20(28)29)11-18(19)24-22-25-21(23)26-31-22/h9-11,14-15,17H,4-8,12-13H2,1-3H3,(H,28,29)(H,24,25,26). The maximum atomic E-state index is 10.9. The Kier molecular flexibility index (Phi) is 8.51. The van der Waals surface area contributed by atoms with Gasteiger partial charge in [0.05, 0.1) is 17.5 Å². The predicted octanol–water partition coefficient (Wildman–Crippen LogP) is 5.89. The number of halogens is 1. The molecule has 1 fully saturated rings. The third-order valence-corrected chi connectivity index (χ3v) is 6.38. The van der Waals surface area contributed by atoms with Crippen molar-refractivity contribution in [2.24, 2.45) is 5.92 Å². The Bertz CT molecular complexity index is 870. The summed E-state index contributed by atoms with van der Waals surface area (Å²) < 4.78 is 9.55. The lowest BCUT2D eigenvalue weighted by Crippen LogP contribution is -2.39. The minimum Gasteiger partial charge on any atom is -0.480 e. The Hall–Kier alpha value is -1.90. The maximum absolute atomic E-state index is 10.9. The van der Waals surface area contributed by atoms with Gasteiger partial charge in [0.15, 0.2) is 0 Å². The molecule has 170 valence electrons. The van der Waals surface area contributed by atoms with Gasteiger partial charge in [0.1, 0.15) is 6.61 Å². The van der Waals surface area contributed by atoms with Crippen LogP contribution < -0.4 is 10.2 Å². The van der Waals surface area contributed by atoms with Gasteiger partial charge in [-0.25, -0.2) is 4.79 Å². The molecule has 1 heterocycles. The van der Waals surface area contributed by atoms with Crippen LogP contribution in [0, 0.1) is 5.92 Å². The number of rotatable bonds is 10. The average molecular weight is 467 g/mol. The van der Waals surface area contributed by atoms with Crippen molar-refractivity contribution in [2.45, 2.75) is 65.0 Å². The molecule has 1 saturated carbocycles. The summed E-state index contributed by atoms with van der Waals surface area (Å²) in [6, 6.07) is 6.66. The molecule has 3 rings (SSSR count). The lowest BCUT2D eigenvalue weighted by molar-refractivity contribution is -0.144. The first-order valence-electron chi connectivity index (χ1n) is 10.8. The van der Waals surface area contributed by atoms with Crippen molar-refractivity contribution >= 4 is 45.6 Å².